The van der Waals surface area contributed by atoms with Crippen LogP contribution in [-0.2, 0) is 28.7 Å². The van der Waals surface area contributed by atoms with Crippen molar-refractivity contribution in [2.24, 2.45) is 0 Å². The molecule has 9 heteroatoms. The first kappa shape index (κ1) is 18.9. The maximum absolute atomic E-state index is 11.3. The van der Waals surface area contributed by atoms with Crippen LogP contribution in [0.25, 0.3) is 0 Å². The van der Waals surface area contributed by atoms with Gasteiger partial charge in [-0.1, -0.05) is 36.7 Å². The molecule has 0 radical (unpaired) electrons. The topological polar surface area (TPSA) is 61.8 Å². The van der Waals surface area contributed by atoms with E-state index in [4.69, 9.17) is 23.2 Å². The van der Waals surface area contributed by atoms with Crippen molar-refractivity contribution in [3.8, 4) is 0 Å². The number of hydrogen-bond donors (Lipinski definition) is 0. The first-order valence-corrected chi connectivity index (χ1v) is 7.66. The second kappa shape index (κ2) is 10.7. The molecule has 0 aliphatic heterocycles. The first-order valence-electron chi connectivity index (χ1n) is 4.19. The highest BCUT2D eigenvalue weighted by Crippen LogP contribution is 2.49. The Bertz CT molecular complexity index is 270. The Kier molecular flexibility index (Phi) is 12.7. The summed E-state index contributed by atoms with van der Waals surface area (Å²) in [5, 5.41) is 0. The van der Waals surface area contributed by atoms with Crippen LogP contribution in [0.15, 0.2) is 11.1 Å². The molecule has 0 spiro atoms. The molecule has 0 aliphatic rings. The van der Waals surface area contributed by atoms with E-state index in [2.05, 4.69) is 19.6 Å². The van der Waals surface area contributed by atoms with Crippen LogP contribution in [-0.4, -0.2) is 23.7 Å². The summed E-state index contributed by atoms with van der Waals surface area (Å²) in [6, 6.07) is 0. The second-order valence-corrected chi connectivity index (χ2v) is 6.46. The SMILES string of the molecule is C=C(Cl)Cl.CCOP(=O)(OC)OS(=O)CC. The molecule has 0 heterocycles. The molecular weight excluding hydrogens is 298 g/mol. The normalized spacial score (nSPS) is 15.6. The maximum Gasteiger partial charge on any atom is 0.487 e. The Balaban J connectivity index is 0. The molecule has 0 saturated heterocycles. The zero-order chi connectivity index (χ0) is 13.2. The van der Waals surface area contributed by atoms with Gasteiger partial charge in [0.1, 0.15) is 0 Å². The third kappa shape index (κ3) is 12.6. The minimum Gasteiger partial charge on any atom is -0.290 e. The molecule has 0 aromatic heterocycles. The quantitative estimate of drug-likeness (QED) is 0.703. The molecule has 0 aliphatic carbocycles. The van der Waals surface area contributed by atoms with E-state index in [0.717, 1.165) is 0 Å². The summed E-state index contributed by atoms with van der Waals surface area (Å²) in [7, 11) is -2.39. The van der Waals surface area contributed by atoms with E-state index in [1.54, 1.807) is 13.8 Å². The van der Waals surface area contributed by atoms with Crippen LogP contribution in [0.3, 0.4) is 0 Å². The van der Waals surface area contributed by atoms with Crippen LogP contribution in [0.2, 0.25) is 0 Å². The number of halogens is 2. The second-order valence-electron chi connectivity index (χ2n) is 2.05. The summed E-state index contributed by atoms with van der Waals surface area (Å²) in [5.74, 6) is 0.250. The molecule has 5 nitrogen and oxygen atoms in total. The van der Waals surface area contributed by atoms with Crippen LogP contribution >= 0.6 is 31.0 Å². The molecule has 0 rings (SSSR count). The minimum atomic E-state index is -3.57. The van der Waals surface area contributed by atoms with Gasteiger partial charge in [-0.25, -0.2) is 8.77 Å². The van der Waals surface area contributed by atoms with Gasteiger partial charge in [0, 0.05) is 12.9 Å². The molecule has 2 atom stereocenters. The molecule has 0 aromatic rings. The van der Waals surface area contributed by atoms with Crippen molar-refractivity contribution in [2.75, 3.05) is 19.5 Å². The Morgan fingerprint density at radius 2 is 1.88 bits per heavy atom. The third-order valence-corrected chi connectivity index (χ3v) is 3.81. The lowest BCUT2D eigenvalue weighted by molar-refractivity contribution is 0.193. The fourth-order valence-electron chi connectivity index (χ4n) is 0.417. The standard InChI is InChI=1S/C5H13O5PS.C2H2Cl2/c1-4-9-11(6,8-3)10-12(7)5-2;1-2(3)4/h4-5H2,1-3H3;1H2. The summed E-state index contributed by atoms with van der Waals surface area (Å²) in [5.41, 5.74) is 0. The van der Waals surface area contributed by atoms with E-state index in [1.165, 1.54) is 7.11 Å². The molecular formula is C7H15Cl2O5PS. The molecule has 0 aromatic carbocycles. The van der Waals surface area contributed by atoms with E-state index >= 15 is 0 Å². The van der Waals surface area contributed by atoms with Gasteiger partial charge in [-0.15, -0.1) is 0 Å². The smallest absolute Gasteiger partial charge is 0.290 e. The van der Waals surface area contributed by atoms with E-state index in [-0.39, 0.29) is 16.9 Å². The molecule has 2 unspecified atom stereocenters. The highest BCUT2D eigenvalue weighted by atomic mass is 35.5. The third-order valence-electron chi connectivity index (χ3n) is 0.921. The summed E-state index contributed by atoms with van der Waals surface area (Å²) < 4.78 is 35.9. The van der Waals surface area contributed by atoms with Gasteiger partial charge >= 0.3 is 7.82 Å². The average Bonchev–Trinajstić information content (AvgIpc) is 2.17. The molecule has 0 saturated carbocycles. The lowest BCUT2D eigenvalue weighted by Crippen LogP contribution is -2.02. The minimum absolute atomic E-state index is 0.111. The Morgan fingerprint density at radius 1 is 1.44 bits per heavy atom. The Morgan fingerprint density at radius 3 is 2.12 bits per heavy atom. The van der Waals surface area contributed by atoms with Crippen molar-refractivity contribution >= 4 is 42.1 Å². The fourth-order valence-corrected chi connectivity index (χ4v) is 2.49. The van der Waals surface area contributed by atoms with Gasteiger partial charge in [-0.2, -0.15) is 3.97 Å². The summed E-state index contributed by atoms with van der Waals surface area (Å²) in [6.45, 7) is 6.56. The molecule has 0 amide bonds. The summed E-state index contributed by atoms with van der Waals surface area (Å²) in [4.78, 5) is 0. The van der Waals surface area contributed by atoms with Gasteiger partial charge in [0.15, 0.2) is 11.1 Å². The first-order chi connectivity index (χ1) is 7.31. The fraction of sp³-hybridized carbons (Fsp3) is 0.714. The van der Waals surface area contributed by atoms with Gasteiger partial charge < -0.3 is 0 Å². The molecule has 0 N–H and O–H groups in total. The van der Waals surface area contributed by atoms with Gasteiger partial charge in [0.25, 0.3) is 0 Å². The van der Waals surface area contributed by atoms with Gasteiger partial charge in [-0.05, 0) is 6.92 Å². The van der Waals surface area contributed by atoms with Crippen LogP contribution in [0.1, 0.15) is 13.8 Å². The van der Waals surface area contributed by atoms with Gasteiger partial charge in [0.2, 0.25) is 0 Å². The molecule has 0 bridgehead atoms. The van der Waals surface area contributed by atoms with Crippen molar-refractivity contribution in [3.05, 3.63) is 11.1 Å². The molecule has 16 heavy (non-hydrogen) atoms. The van der Waals surface area contributed by atoms with Crippen LogP contribution in [0.5, 0.6) is 0 Å². The van der Waals surface area contributed by atoms with Crippen LogP contribution in [0.4, 0.5) is 0 Å². The zero-order valence-electron chi connectivity index (χ0n) is 9.27. The lowest BCUT2D eigenvalue weighted by atomic mass is 10.9. The Labute approximate surface area is 108 Å². The van der Waals surface area contributed by atoms with Gasteiger partial charge in [0.05, 0.1) is 11.1 Å². The predicted octanol–water partition coefficient (Wildman–Crippen LogP) is 3.41. The highest BCUT2D eigenvalue weighted by Gasteiger charge is 2.26. The molecule has 0 fully saturated rings. The zero-order valence-corrected chi connectivity index (χ0v) is 12.5. The Hall–Kier alpha value is 0.580. The number of rotatable bonds is 6. The van der Waals surface area contributed by atoms with Crippen molar-refractivity contribution in [2.45, 2.75) is 13.8 Å². The summed E-state index contributed by atoms with van der Waals surface area (Å²) in [6.07, 6.45) is 0. The predicted molar refractivity (Wildman–Crippen MR) is 66.9 cm³/mol. The average molecular weight is 313 g/mol. The van der Waals surface area contributed by atoms with E-state index < -0.39 is 18.9 Å². The van der Waals surface area contributed by atoms with Crippen molar-refractivity contribution in [3.63, 3.8) is 0 Å². The van der Waals surface area contributed by atoms with E-state index in [1.807, 2.05) is 0 Å². The molecule has 98 valence electrons. The van der Waals surface area contributed by atoms with Crippen LogP contribution in [0, 0.1) is 0 Å². The number of phosphoric ester groups is 1. The summed E-state index contributed by atoms with van der Waals surface area (Å²) >= 11 is 8.08. The van der Waals surface area contributed by atoms with Gasteiger partial charge in [-0.3, -0.25) is 9.05 Å². The largest absolute Gasteiger partial charge is 0.487 e. The number of hydrogen-bond acceptors (Lipinski definition) is 5. The van der Waals surface area contributed by atoms with Crippen molar-refractivity contribution < 1.29 is 21.8 Å². The van der Waals surface area contributed by atoms with Crippen LogP contribution < -0.4 is 0 Å². The maximum atomic E-state index is 11.3. The van der Waals surface area contributed by atoms with E-state index in [0.29, 0.717) is 0 Å². The van der Waals surface area contributed by atoms with E-state index in [9.17, 15) is 8.77 Å². The monoisotopic (exact) mass is 312 g/mol. The lowest BCUT2D eigenvalue weighted by Gasteiger charge is -2.12. The van der Waals surface area contributed by atoms with Crippen molar-refractivity contribution in [1.82, 2.24) is 0 Å². The number of phosphoric acid groups is 1. The highest BCUT2D eigenvalue weighted by molar-refractivity contribution is 7.84. The van der Waals surface area contributed by atoms with Crippen molar-refractivity contribution in [1.29, 1.82) is 0 Å².